The predicted molar refractivity (Wildman–Crippen MR) is 104 cm³/mol. The molecule has 1 aliphatic rings. The van der Waals surface area contributed by atoms with Crippen LogP contribution >= 0.6 is 30.8 Å². The molecule has 0 radical (unpaired) electrons. The van der Waals surface area contributed by atoms with Gasteiger partial charge in [0.1, 0.15) is 0 Å². The van der Waals surface area contributed by atoms with Crippen molar-refractivity contribution in [2.24, 2.45) is 0 Å². The Labute approximate surface area is 136 Å². The Kier molecular flexibility index (Phi) is 9.27. The van der Waals surface area contributed by atoms with E-state index in [9.17, 15) is 0 Å². The van der Waals surface area contributed by atoms with Crippen molar-refractivity contribution in [3.05, 3.63) is 9.81 Å². The molecule has 0 unspecified atom stereocenters. The monoisotopic (exact) mass is 333 g/mol. The summed E-state index contributed by atoms with van der Waals surface area (Å²) in [5.74, 6) is 0. The van der Waals surface area contributed by atoms with Crippen molar-refractivity contribution in [1.29, 1.82) is 0 Å². The highest BCUT2D eigenvalue weighted by Gasteiger charge is 2.47. The first kappa shape index (κ1) is 18.9. The maximum absolute atomic E-state index is 2.36. The Morgan fingerprint density at radius 2 is 1.10 bits per heavy atom. The molecule has 3 heteroatoms. The maximum Gasteiger partial charge on any atom is 0.167 e. The van der Waals surface area contributed by atoms with Crippen LogP contribution in [0.2, 0.25) is 0 Å². The van der Waals surface area contributed by atoms with Gasteiger partial charge in [-0.25, -0.2) is 0 Å². The number of rotatable bonds is 10. The highest BCUT2D eigenvalue weighted by Crippen LogP contribution is 2.74. The van der Waals surface area contributed by atoms with Crippen molar-refractivity contribution in [1.82, 2.24) is 0 Å². The summed E-state index contributed by atoms with van der Waals surface area (Å²) in [6.45, 7) is 11.7. The summed E-state index contributed by atoms with van der Waals surface area (Å²) in [6, 6.07) is 0. The van der Waals surface area contributed by atoms with Crippen LogP contribution in [0.4, 0.5) is 0 Å². The van der Waals surface area contributed by atoms with Crippen molar-refractivity contribution in [3.63, 3.8) is 0 Å². The highest BCUT2D eigenvalue weighted by atomic mass is 32.2. The van der Waals surface area contributed by atoms with E-state index in [4.69, 9.17) is 0 Å². The molecule has 0 saturated carbocycles. The SMILES string of the molecule is CCCC[P+](CCCC)(CCCC)C1SC(C)=C(C)S1. The molecule has 0 atom stereocenters. The van der Waals surface area contributed by atoms with Crippen LogP contribution in [0.25, 0.3) is 0 Å². The van der Waals surface area contributed by atoms with Gasteiger partial charge in [0.05, 0.1) is 18.5 Å². The van der Waals surface area contributed by atoms with Gasteiger partial charge in [-0.1, -0.05) is 63.6 Å². The minimum atomic E-state index is -0.784. The third-order valence-corrected chi connectivity index (χ3v) is 14.6. The van der Waals surface area contributed by atoms with Crippen LogP contribution in [0.3, 0.4) is 0 Å². The van der Waals surface area contributed by atoms with E-state index in [0.717, 1.165) is 4.32 Å². The van der Waals surface area contributed by atoms with Crippen LogP contribution in [0.5, 0.6) is 0 Å². The summed E-state index contributed by atoms with van der Waals surface area (Å²) >= 11 is 4.45. The normalized spacial score (nSPS) is 17.2. The molecule has 0 bridgehead atoms. The molecule has 1 rings (SSSR count). The van der Waals surface area contributed by atoms with E-state index >= 15 is 0 Å². The molecule has 0 nitrogen and oxygen atoms in total. The Balaban J connectivity index is 2.83. The van der Waals surface area contributed by atoms with Gasteiger partial charge >= 0.3 is 0 Å². The smallest absolute Gasteiger partial charge is 0.0747 e. The summed E-state index contributed by atoms with van der Waals surface area (Å²) in [4.78, 5) is 3.21. The highest BCUT2D eigenvalue weighted by molar-refractivity contribution is 8.31. The summed E-state index contributed by atoms with van der Waals surface area (Å²) in [7, 11) is -0.784. The van der Waals surface area contributed by atoms with E-state index in [1.165, 1.54) is 38.5 Å². The Morgan fingerprint density at radius 3 is 1.40 bits per heavy atom. The molecular weight excluding hydrogens is 299 g/mol. The standard InChI is InChI=1S/C17H34PS2/c1-6-9-12-18(13-10-7-2,14-11-8-3)17-19-15(4)16(5)20-17/h17H,6-14H2,1-5H3/q+1. The second-order valence-electron chi connectivity index (χ2n) is 6.11. The first-order valence-corrected chi connectivity index (χ1v) is 12.6. The fourth-order valence-electron chi connectivity index (χ4n) is 2.79. The van der Waals surface area contributed by atoms with E-state index < -0.39 is 7.26 Å². The molecule has 0 aromatic carbocycles. The van der Waals surface area contributed by atoms with Gasteiger partial charge in [-0.2, -0.15) is 0 Å². The van der Waals surface area contributed by atoms with Gasteiger partial charge in [0.25, 0.3) is 0 Å². The fraction of sp³-hybridized carbons (Fsp3) is 0.882. The molecule has 0 amide bonds. The zero-order chi connectivity index (χ0) is 15.0. The van der Waals surface area contributed by atoms with E-state index in [0.29, 0.717) is 0 Å². The maximum atomic E-state index is 2.36. The Hall–Kier alpha value is 0.870. The van der Waals surface area contributed by atoms with Gasteiger partial charge < -0.3 is 0 Å². The molecule has 1 heterocycles. The van der Waals surface area contributed by atoms with Gasteiger partial charge in [-0.15, -0.1) is 0 Å². The zero-order valence-corrected chi connectivity index (χ0v) is 16.7. The molecule has 0 N–H and O–H groups in total. The number of hydrogen-bond acceptors (Lipinski definition) is 2. The van der Waals surface area contributed by atoms with Crippen molar-refractivity contribution < 1.29 is 0 Å². The van der Waals surface area contributed by atoms with Gasteiger partial charge in [0.2, 0.25) is 0 Å². The van der Waals surface area contributed by atoms with E-state index in [1.807, 2.05) is 0 Å². The molecule has 1 aliphatic heterocycles. The lowest BCUT2D eigenvalue weighted by molar-refractivity contribution is 0.836. The fourth-order valence-corrected chi connectivity index (χ4v) is 13.8. The molecule has 20 heavy (non-hydrogen) atoms. The van der Waals surface area contributed by atoms with Gasteiger partial charge in [0, 0.05) is 7.26 Å². The van der Waals surface area contributed by atoms with Crippen LogP contribution in [-0.4, -0.2) is 22.8 Å². The summed E-state index contributed by atoms with van der Waals surface area (Å²) < 4.78 is 0.896. The van der Waals surface area contributed by atoms with Crippen molar-refractivity contribution >= 4 is 30.8 Å². The third kappa shape index (κ3) is 5.25. The average molecular weight is 334 g/mol. The zero-order valence-electron chi connectivity index (χ0n) is 14.2. The topological polar surface area (TPSA) is 0 Å². The van der Waals surface area contributed by atoms with Crippen LogP contribution in [-0.2, 0) is 0 Å². The van der Waals surface area contributed by atoms with Gasteiger partial charge in [-0.3, -0.25) is 0 Å². The van der Waals surface area contributed by atoms with Gasteiger partial charge in [-0.05, 0) is 42.9 Å². The Morgan fingerprint density at radius 1 is 0.750 bits per heavy atom. The quantitative estimate of drug-likeness (QED) is 0.381. The average Bonchev–Trinajstić information content (AvgIpc) is 2.79. The molecule has 0 spiro atoms. The van der Waals surface area contributed by atoms with E-state index in [1.54, 1.807) is 28.3 Å². The van der Waals surface area contributed by atoms with Crippen LogP contribution in [0.1, 0.15) is 73.1 Å². The van der Waals surface area contributed by atoms with Crippen LogP contribution < -0.4 is 0 Å². The number of thioether (sulfide) groups is 2. The predicted octanol–water partition coefficient (Wildman–Crippen LogP) is 7.42. The number of unbranched alkanes of at least 4 members (excludes halogenated alkanes) is 3. The van der Waals surface area contributed by atoms with Crippen molar-refractivity contribution in [3.8, 4) is 0 Å². The van der Waals surface area contributed by atoms with Crippen LogP contribution in [0.15, 0.2) is 9.81 Å². The molecule has 0 aromatic heterocycles. The summed E-state index contributed by atoms with van der Waals surface area (Å²) in [5.41, 5.74) is 0. The lowest BCUT2D eigenvalue weighted by Crippen LogP contribution is -2.16. The van der Waals surface area contributed by atoms with Crippen molar-refractivity contribution in [2.75, 3.05) is 18.5 Å². The lowest BCUT2D eigenvalue weighted by atomic mass is 10.4. The number of hydrogen-bond donors (Lipinski definition) is 0. The number of allylic oxidation sites excluding steroid dienone is 2. The van der Waals surface area contributed by atoms with Crippen LogP contribution in [0, 0.1) is 0 Å². The molecular formula is C17H34PS2+. The molecule has 118 valence electrons. The first-order valence-electron chi connectivity index (χ1n) is 8.46. The van der Waals surface area contributed by atoms with E-state index in [2.05, 4.69) is 58.1 Å². The Bertz CT molecular complexity index is 276. The second kappa shape index (κ2) is 9.80. The minimum absolute atomic E-state index is 0.784. The minimum Gasteiger partial charge on any atom is -0.0747 e. The first-order chi connectivity index (χ1) is 9.59. The molecule has 0 aromatic rings. The lowest BCUT2D eigenvalue weighted by Gasteiger charge is -2.32. The van der Waals surface area contributed by atoms with E-state index in [-0.39, 0.29) is 0 Å². The molecule has 0 saturated heterocycles. The largest absolute Gasteiger partial charge is 0.167 e. The molecule has 0 aliphatic carbocycles. The summed E-state index contributed by atoms with van der Waals surface area (Å²) in [5, 5.41) is 0. The van der Waals surface area contributed by atoms with Gasteiger partial charge in [0.15, 0.2) is 4.32 Å². The van der Waals surface area contributed by atoms with Crippen molar-refractivity contribution in [2.45, 2.75) is 77.5 Å². The molecule has 0 fully saturated rings. The second-order valence-corrected chi connectivity index (χ2v) is 14.0. The third-order valence-electron chi connectivity index (χ3n) is 4.37. The summed E-state index contributed by atoms with van der Waals surface area (Å²) in [6.07, 6.45) is 13.1.